The largest absolute Gasteiger partial charge is 0.392 e. The smallest absolute Gasteiger partial charge is 0.182 e. The Labute approximate surface area is 130 Å². The zero-order chi connectivity index (χ0) is 16.0. The highest BCUT2D eigenvalue weighted by molar-refractivity contribution is 7.91. The van der Waals surface area contributed by atoms with Crippen LogP contribution in [0.15, 0.2) is 46.4 Å². The minimum Gasteiger partial charge on any atom is -0.392 e. The Balaban J connectivity index is 2.02. The van der Waals surface area contributed by atoms with Crippen molar-refractivity contribution in [1.82, 2.24) is 0 Å². The summed E-state index contributed by atoms with van der Waals surface area (Å²) in [5.41, 5.74) is 0.833. The molecule has 0 bridgehead atoms. The van der Waals surface area contributed by atoms with E-state index in [1.165, 1.54) is 0 Å². The number of Topliss-reactive ketones (excluding diaryl/α,β-unsaturated/α-hetero) is 1. The number of fused-ring (bicyclic) bond motifs is 1. The summed E-state index contributed by atoms with van der Waals surface area (Å²) in [7, 11) is -3.54. The van der Waals surface area contributed by atoms with E-state index in [1.54, 1.807) is 30.3 Å². The van der Waals surface area contributed by atoms with Crippen molar-refractivity contribution in [2.24, 2.45) is 5.41 Å². The molecule has 1 N–H and O–H groups in total. The molecule has 0 aliphatic heterocycles. The van der Waals surface area contributed by atoms with Gasteiger partial charge >= 0.3 is 0 Å². The number of carbonyl (C=O) groups is 1. The number of rotatable bonds is 3. The van der Waals surface area contributed by atoms with E-state index in [0.29, 0.717) is 31.3 Å². The predicted octanol–water partition coefficient (Wildman–Crippen LogP) is 2.28. The van der Waals surface area contributed by atoms with Gasteiger partial charge in [-0.3, -0.25) is 4.79 Å². The molecule has 0 saturated heterocycles. The van der Waals surface area contributed by atoms with Crippen molar-refractivity contribution < 1.29 is 18.3 Å². The Bertz CT molecular complexity index is 733. The van der Waals surface area contributed by atoms with Crippen molar-refractivity contribution in [3.8, 4) is 0 Å². The van der Waals surface area contributed by atoms with Crippen molar-refractivity contribution in [2.75, 3.05) is 5.75 Å². The molecule has 2 aliphatic carbocycles. The van der Waals surface area contributed by atoms with Gasteiger partial charge in [0.15, 0.2) is 15.6 Å². The summed E-state index contributed by atoms with van der Waals surface area (Å²) in [4.78, 5) is 12.5. The van der Waals surface area contributed by atoms with Crippen molar-refractivity contribution in [3.63, 3.8) is 0 Å². The van der Waals surface area contributed by atoms with Gasteiger partial charge in [-0.2, -0.15) is 0 Å². The molecule has 1 fully saturated rings. The van der Waals surface area contributed by atoms with E-state index >= 15 is 0 Å². The molecule has 0 amide bonds. The second-order valence-electron chi connectivity index (χ2n) is 6.42. The first-order valence-electron chi connectivity index (χ1n) is 7.56. The quantitative estimate of drug-likeness (QED) is 0.927. The van der Waals surface area contributed by atoms with Crippen LogP contribution in [0.5, 0.6) is 0 Å². The molecule has 5 heteroatoms. The monoisotopic (exact) mass is 320 g/mol. The van der Waals surface area contributed by atoms with Gasteiger partial charge in [-0.15, -0.1) is 0 Å². The van der Waals surface area contributed by atoms with Gasteiger partial charge in [-0.1, -0.05) is 30.7 Å². The average Bonchev–Trinajstić information content (AvgIpc) is 2.80. The van der Waals surface area contributed by atoms with Crippen LogP contribution in [0, 0.1) is 5.41 Å². The van der Waals surface area contributed by atoms with Crippen molar-refractivity contribution >= 4 is 15.6 Å². The molecule has 0 heterocycles. The first-order chi connectivity index (χ1) is 10.3. The molecule has 1 aromatic rings. The Morgan fingerprint density at radius 1 is 1.23 bits per heavy atom. The van der Waals surface area contributed by atoms with Crippen LogP contribution in [0.25, 0.3) is 0 Å². The molecule has 3 rings (SSSR count). The average molecular weight is 320 g/mol. The molecule has 4 nitrogen and oxygen atoms in total. The second kappa shape index (κ2) is 5.32. The maximum atomic E-state index is 12.6. The number of ketones is 1. The summed E-state index contributed by atoms with van der Waals surface area (Å²) in [6, 6.07) is 8.22. The van der Waals surface area contributed by atoms with Crippen LogP contribution in [0.2, 0.25) is 0 Å². The number of hydrogen-bond donors (Lipinski definition) is 1. The van der Waals surface area contributed by atoms with Crippen LogP contribution in [-0.2, 0) is 14.6 Å². The van der Waals surface area contributed by atoms with Gasteiger partial charge < -0.3 is 5.11 Å². The molecular formula is C17H20O4S. The molecule has 0 radical (unpaired) electrons. The van der Waals surface area contributed by atoms with Crippen LogP contribution >= 0.6 is 0 Å². The third-order valence-electron chi connectivity index (χ3n) is 5.10. The minimum atomic E-state index is -3.54. The van der Waals surface area contributed by atoms with Crippen molar-refractivity contribution in [2.45, 2.75) is 43.6 Å². The summed E-state index contributed by atoms with van der Waals surface area (Å²) in [6.45, 7) is 1.95. The SMILES string of the molecule is CC12CCC(=O)C(CS(=O)(=O)c3ccccc3)=C1CCC2O. The fraction of sp³-hybridized carbons (Fsp3) is 0.471. The van der Waals surface area contributed by atoms with E-state index in [4.69, 9.17) is 0 Å². The van der Waals surface area contributed by atoms with Crippen molar-refractivity contribution in [3.05, 3.63) is 41.5 Å². The summed E-state index contributed by atoms with van der Waals surface area (Å²) in [5, 5.41) is 10.2. The van der Waals surface area contributed by atoms with Crippen LogP contribution in [0.3, 0.4) is 0 Å². The highest BCUT2D eigenvalue weighted by Crippen LogP contribution is 2.50. The standard InChI is InChI=1S/C17H20O4S/c1-17-10-9-15(18)13(14(17)7-8-16(17)19)11-22(20,21)12-5-3-2-4-6-12/h2-6,16,19H,7-11H2,1H3. The molecular weight excluding hydrogens is 300 g/mol. The summed E-state index contributed by atoms with van der Waals surface area (Å²) in [5.74, 6) is -0.339. The number of aliphatic hydroxyl groups is 1. The second-order valence-corrected chi connectivity index (χ2v) is 8.41. The van der Waals surface area contributed by atoms with Gasteiger partial charge in [0.25, 0.3) is 0 Å². The lowest BCUT2D eigenvalue weighted by Crippen LogP contribution is -2.35. The molecule has 2 aliphatic rings. The van der Waals surface area contributed by atoms with Gasteiger partial charge in [-0.25, -0.2) is 8.42 Å². The molecule has 2 atom stereocenters. The number of aliphatic hydroxyl groups excluding tert-OH is 1. The number of benzene rings is 1. The third-order valence-corrected chi connectivity index (χ3v) is 6.76. The van der Waals surface area contributed by atoms with Gasteiger partial charge in [0.2, 0.25) is 0 Å². The van der Waals surface area contributed by atoms with E-state index in [9.17, 15) is 18.3 Å². The van der Waals surface area contributed by atoms with Crippen LogP contribution < -0.4 is 0 Å². The first-order valence-corrected chi connectivity index (χ1v) is 9.21. The molecule has 1 saturated carbocycles. The zero-order valence-corrected chi connectivity index (χ0v) is 13.4. The lowest BCUT2D eigenvalue weighted by atomic mass is 9.71. The summed E-state index contributed by atoms with van der Waals surface area (Å²) in [6.07, 6.45) is 1.66. The minimum absolute atomic E-state index is 0.0823. The molecule has 0 spiro atoms. The Kier molecular flexibility index (Phi) is 3.73. The van der Waals surface area contributed by atoms with E-state index in [2.05, 4.69) is 0 Å². The Morgan fingerprint density at radius 3 is 2.59 bits per heavy atom. The van der Waals surface area contributed by atoms with Crippen LogP contribution in [0.1, 0.15) is 32.6 Å². The van der Waals surface area contributed by atoms with E-state index < -0.39 is 21.4 Å². The fourth-order valence-electron chi connectivity index (χ4n) is 3.66. The van der Waals surface area contributed by atoms with E-state index in [1.807, 2.05) is 6.92 Å². The number of carbonyl (C=O) groups excluding carboxylic acids is 1. The molecule has 118 valence electrons. The van der Waals surface area contributed by atoms with Gasteiger partial charge in [-0.05, 0) is 31.4 Å². The maximum Gasteiger partial charge on any atom is 0.182 e. The normalized spacial score (nSPS) is 28.8. The Hall–Kier alpha value is -1.46. The molecule has 0 aromatic heterocycles. The fourth-order valence-corrected chi connectivity index (χ4v) is 5.11. The van der Waals surface area contributed by atoms with Crippen molar-refractivity contribution in [1.29, 1.82) is 0 Å². The van der Waals surface area contributed by atoms with Crippen LogP contribution in [0.4, 0.5) is 0 Å². The number of sulfone groups is 1. The van der Waals surface area contributed by atoms with E-state index in [-0.39, 0.29) is 16.4 Å². The maximum absolute atomic E-state index is 12.6. The Morgan fingerprint density at radius 2 is 1.91 bits per heavy atom. The first kappa shape index (κ1) is 15.4. The van der Waals surface area contributed by atoms with Gasteiger partial charge in [0.05, 0.1) is 16.8 Å². The molecule has 1 aromatic carbocycles. The van der Waals surface area contributed by atoms with Gasteiger partial charge in [0.1, 0.15) is 0 Å². The topological polar surface area (TPSA) is 71.4 Å². The predicted molar refractivity (Wildman–Crippen MR) is 83.1 cm³/mol. The highest BCUT2D eigenvalue weighted by atomic mass is 32.2. The molecule has 22 heavy (non-hydrogen) atoms. The lowest BCUT2D eigenvalue weighted by molar-refractivity contribution is -0.117. The van der Waals surface area contributed by atoms with Crippen LogP contribution in [-0.4, -0.2) is 31.2 Å². The number of hydrogen-bond acceptors (Lipinski definition) is 4. The molecule has 2 unspecified atom stereocenters. The zero-order valence-electron chi connectivity index (χ0n) is 12.6. The highest BCUT2D eigenvalue weighted by Gasteiger charge is 2.47. The summed E-state index contributed by atoms with van der Waals surface area (Å²) < 4.78 is 25.1. The summed E-state index contributed by atoms with van der Waals surface area (Å²) >= 11 is 0. The third kappa shape index (κ3) is 2.42. The lowest BCUT2D eigenvalue weighted by Gasteiger charge is -2.35. The van der Waals surface area contributed by atoms with Gasteiger partial charge in [0, 0.05) is 17.4 Å². The van der Waals surface area contributed by atoms with E-state index in [0.717, 1.165) is 5.57 Å².